The summed E-state index contributed by atoms with van der Waals surface area (Å²) in [5.41, 5.74) is 3.02. The first-order valence-electron chi connectivity index (χ1n) is 7.92. The van der Waals surface area contributed by atoms with Gasteiger partial charge in [-0.25, -0.2) is 12.7 Å². The Kier molecular flexibility index (Phi) is 4.50. The molecule has 2 aromatic heterocycles. The van der Waals surface area contributed by atoms with E-state index in [1.807, 2.05) is 23.7 Å². The van der Waals surface area contributed by atoms with Gasteiger partial charge in [-0.05, 0) is 49.4 Å². The van der Waals surface area contributed by atoms with Gasteiger partial charge in [-0.3, -0.25) is 9.67 Å². The highest BCUT2D eigenvalue weighted by atomic mass is 32.2. The topological polar surface area (TPSA) is 68.1 Å². The Balaban J connectivity index is 1.88. The Morgan fingerprint density at radius 3 is 2.87 bits per heavy atom. The van der Waals surface area contributed by atoms with Gasteiger partial charge in [0, 0.05) is 32.0 Å². The second-order valence-electron chi connectivity index (χ2n) is 5.97. The minimum atomic E-state index is -3.13. The van der Waals surface area contributed by atoms with Gasteiger partial charge in [0.1, 0.15) is 0 Å². The summed E-state index contributed by atoms with van der Waals surface area (Å²) in [5, 5.41) is 4.29. The lowest BCUT2D eigenvalue weighted by atomic mass is 9.91. The van der Waals surface area contributed by atoms with Crippen LogP contribution in [0.4, 0.5) is 0 Å². The van der Waals surface area contributed by atoms with Crippen LogP contribution >= 0.6 is 0 Å². The number of pyridine rings is 1. The zero-order valence-electron chi connectivity index (χ0n) is 13.5. The van der Waals surface area contributed by atoms with Gasteiger partial charge in [0.2, 0.25) is 10.0 Å². The molecule has 124 valence electrons. The summed E-state index contributed by atoms with van der Waals surface area (Å²) in [7, 11) is -3.13. The average molecular weight is 334 g/mol. The summed E-state index contributed by atoms with van der Waals surface area (Å²) in [6.45, 7) is 4.01. The molecule has 1 aliphatic heterocycles. The number of sulfonamides is 1. The van der Waals surface area contributed by atoms with Crippen LogP contribution in [0, 0.1) is 0 Å². The van der Waals surface area contributed by atoms with Gasteiger partial charge in [0.15, 0.2) is 0 Å². The normalized spacial score (nSPS) is 19.8. The summed E-state index contributed by atoms with van der Waals surface area (Å²) in [4.78, 5) is 4.46. The molecule has 1 aliphatic rings. The van der Waals surface area contributed by atoms with Crippen LogP contribution in [0.25, 0.3) is 11.4 Å². The molecule has 0 bridgehead atoms. The summed E-state index contributed by atoms with van der Waals surface area (Å²) in [5.74, 6) is 0.221. The van der Waals surface area contributed by atoms with Gasteiger partial charge in [0.05, 0.1) is 17.6 Å². The number of rotatable bonds is 4. The highest BCUT2D eigenvalue weighted by Crippen LogP contribution is 2.30. The summed E-state index contributed by atoms with van der Waals surface area (Å²) >= 11 is 0. The predicted molar refractivity (Wildman–Crippen MR) is 89.5 cm³/mol. The second kappa shape index (κ2) is 6.41. The van der Waals surface area contributed by atoms with E-state index in [0.717, 1.165) is 36.3 Å². The van der Waals surface area contributed by atoms with Crippen molar-refractivity contribution in [2.45, 2.75) is 32.2 Å². The maximum absolute atomic E-state index is 11.8. The van der Waals surface area contributed by atoms with Crippen LogP contribution in [-0.4, -0.2) is 46.8 Å². The van der Waals surface area contributed by atoms with Gasteiger partial charge in [0.25, 0.3) is 0 Å². The molecule has 0 aromatic carbocycles. The number of aromatic nitrogens is 3. The highest BCUT2D eigenvalue weighted by molar-refractivity contribution is 7.88. The lowest BCUT2D eigenvalue weighted by Gasteiger charge is -2.31. The van der Waals surface area contributed by atoms with Gasteiger partial charge >= 0.3 is 0 Å². The van der Waals surface area contributed by atoms with E-state index < -0.39 is 10.0 Å². The SMILES string of the molecule is CCn1nccc1-c1cc(C2CCCN(S(C)(=O)=O)C2)ccn1. The minimum Gasteiger partial charge on any atom is -0.264 e. The first-order valence-corrected chi connectivity index (χ1v) is 9.77. The zero-order chi connectivity index (χ0) is 16.4. The predicted octanol–water partition coefficient (Wildman–Crippen LogP) is 2.10. The van der Waals surface area contributed by atoms with Gasteiger partial charge < -0.3 is 0 Å². The summed E-state index contributed by atoms with van der Waals surface area (Å²) in [6.07, 6.45) is 6.76. The summed E-state index contributed by atoms with van der Waals surface area (Å²) in [6, 6.07) is 6.02. The second-order valence-corrected chi connectivity index (χ2v) is 7.95. The van der Waals surface area contributed by atoms with Crippen LogP contribution in [0.15, 0.2) is 30.6 Å². The van der Waals surface area contributed by atoms with Crippen molar-refractivity contribution in [3.05, 3.63) is 36.2 Å². The molecule has 1 saturated heterocycles. The molecule has 1 fully saturated rings. The third kappa shape index (κ3) is 3.45. The van der Waals surface area contributed by atoms with E-state index in [9.17, 15) is 8.42 Å². The van der Waals surface area contributed by atoms with E-state index in [4.69, 9.17) is 0 Å². The average Bonchev–Trinajstić information content (AvgIpc) is 3.03. The van der Waals surface area contributed by atoms with Gasteiger partial charge in [-0.15, -0.1) is 0 Å². The Labute approximate surface area is 137 Å². The fraction of sp³-hybridized carbons (Fsp3) is 0.500. The summed E-state index contributed by atoms with van der Waals surface area (Å²) < 4.78 is 27.1. The van der Waals surface area contributed by atoms with Crippen LogP contribution in [0.2, 0.25) is 0 Å². The van der Waals surface area contributed by atoms with E-state index in [1.165, 1.54) is 6.26 Å². The third-order valence-corrected chi connectivity index (χ3v) is 5.66. The number of aryl methyl sites for hydroxylation is 1. The molecule has 0 saturated carbocycles. The van der Waals surface area contributed by atoms with E-state index >= 15 is 0 Å². The first kappa shape index (κ1) is 16.1. The number of piperidine rings is 1. The minimum absolute atomic E-state index is 0.221. The molecule has 7 heteroatoms. The van der Waals surface area contributed by atoms with Crippen LogP contribution in [-0.2, 0) is 16.6 Å². The molecule has 6 nitrogen and oxygen atoms in total. The molecule has 23 heavy (non-hydrogen) atoms. The van der Waals surface area contributed by atoms with Crippen molar-refractivity contribution in [1.29, 1.82) is 0 Å². The Hall–Kier alpha value is -1.73. The van der Waals surface area contributed by atoms with Crippen LogP contribution < -0.4 is 0 Å². The Morgan fingerprint density at radius 1 is 1.30 bits per heavy atom. The molecular formula is C16H22N4O2S. The molecule has 0 amide bonds. The Bertz CT molecular complexity index is 785. The maximum atomic E-state index is 11.8. The molecule has 3 rings (SSSR count). The number of nitrogens with zero attached hydrogens (tertiary/aromatic N) is 4. The third-order valence-electron chi connectivity index (χ3n) is 4.39. The molecule has 0 aliphatic carbocycles. The Morgan fingerprint density at radius 2 is 2.13 bits per heavy atom. The molecule has 2 aromatic rings. The van der Waals surface area contributed by atoms with Crippen LogP contribution in [0.1, 0.15) is 31.2 Å². The first-order chi connectivity index (χ1) is 11.0. The zero-order valence-corrected chi connectivity index (χ0v) is 14.3. The van der Waals surface area contributed by atoms with Crippen molar-refractivity contribution in [1.82, 2.24) is 19.1 Å². The molecule has 1 unspecified atom stereocenters. The van der Waals surface area contributed by atoms with Gasteiger partial charge in [-0.2, -0.15) is 5.10 Å². The number of hydrogen-bond donors (Lipinski definition) is 0. The van der Waals surface area contributed by atoms with Crippen molar-refractivity contribution in [3.63, 3.8) is 0 Å². The van der Waals surface area contributed by atoms with E-state index in [0.29, 0.717) is 13.1 Å². The van der Waals surface area contributed by atoms with Crippen LogP contribution in [0.5, 0.6) is 0 Å². The van der Waals surface area contributed by atoms with Crippen molar-refractivity contribution in [3.8, 4) is 11.4 Å². The lowest BCUT2D eigenvalue weighted by molar-refractivity contribution is 0.317. The quantitative estimate of drug-likeness (QED) is 0.859. The molecule has 0 N–H and O–H groups in total. The molecule has 3 heterocycles. The largest absolute Gasteiger partial charge is 0.264 e. The smallest absolute Gasteiger partial charge is 0.211 e. The molecular weight excluding hydrogens is 312 g/mol. The van der Waals surface area contributed by atoms with E-state index in [-0.39, 0.29) is 5.92 Å². The van der Waals surface area contributed by atoms with Crippen molar-refractivity contribution in [2.75, 3.05) is 19.3 Å². The maximum Gasteiger partial charge on any atom is 0.211 e. The molecule has 0 radical (unpaired) electrons. The van der Waals surface area contributed by atoms with Crippen molar-refractivity contribution in [2.24, 2.45) is 0 Å². The highest BCUT2D eigenvalue weighted by Gasteiger charge is 2.27. The van der Waals surface area contributed by atoms with Crippen molar-refractivity contribution >= 4 is 10.0 Å². The fourth-order valence-corrected chi connectivity index (χ4v) is 4.07. The van der Waals surface area contributed by atoms with E-state index in [1.54, 1.807) is 16.7 Å². The molecule has 1 atom stereocenters. The van der Waals surface area contributed by atoms with Crippen molar-refractivity contribution < 1.29 is 8.42 Å². The standard InChI is InChI=1S/C16H22N4O2S/c1-3-20-16(7-9-18-20)15-11-13(6-8-17-15)14-5-4-10-19(12-14)23(2,21)22/h6-9,11,14H,3-5,10,12H2,1-2H3. The van der Waals surface area contributed by atoms with Crippen LogP contribution in [0.3, 0.4) is 0 Å². The lowest BCUT2D eigenvalue weighted by Crippen LogP contribution is -2.38. The van der Waals surface area contributed by atoms with E-state index in [2.05, 4.69) is 16.1 Å². The monoisotopic (exact) mass is 334 g/mol. The van der Waals surface area contributed by atoms with Gasteiger partial charge in [-0.1, -0.05) is 0 Å². The fourth-order valence-electron chi connectivity index (χ4n) is 3.16. The number of hydrogen-bond acceptors (Lipinski definition) is 4. The molecule has 0 spiro atoms.